The number of anilines is 1. The van der Waals surface area contributed by atoms with Crippen molar-refractivity contribution < 1.29 is 9.59 Å². The number of benzene rings is 1. The molecule has 138 valence electrons. The van der Waals surface area contributed by atoms with E-state index >= 15 is 0 Å². The smallest absolute Gasteiger partial charge is 0.317 e. The molecule has 0 saturated carbocycles. The molecular weight excluding hydrogens is 338 g/mol. The highest BCUT2D eigenvalue weighted by Gasteiger charge is 2.32. The number of unbranched alkanes of at least 4 members (excludes halogenated alkanes) is 2. The summed E-state index contributed by atoms with van der Waals surface area (Å²) in [5.74, 6) is 0.0290. The van der Waals surface area contributed by atoms with Gasteiger partial charge in [-0.3, -0.25) is 4.79 Å². The molecule has 0 aliphatic carbocycles. The van der Waals surface area contributed by atoms with Crippen LogP contribution in [-0.4, -0.2) is 42.5 Å². The summed E-state index contributed by atoms with van der Waals surface area (Å²) in [6.07, 6.45) is 4.45. The third-order valence-electron chi connectivity index (χ3n) is 4.44. The number of nitrogens with zero attached hydrogens (tertiary/aromatic N) is 2. The van der Waals surface area contributed by atoms with E-state index in [1.807, 2.05) is 17.0 Å². The summed E-state index contributed by atoms with van der Waals surface area (Å²) in [7, 11) is 0. The van der Waals surface area contributed by atoms with Gasteiger partial charge in [-0.2, -0.15) is 0 Å². The molecule has 0 unspecified atom stereocenters. The van der Waals surface area contributed by atoms with Gasteiger partial charge >= 0.3 is 6.03 Å². The van der Waals surface area contributed by atoms with E-state index in [0.29, 0.717) is 18.0 Å². The van der Waals surface area contributed by atoms with Crippen molar-refractivity contribution in [1.29, 1.82) is 0 Å². The van der Waals surface area contributed by atoms with Crippen LogP contribution < -0.4 is 10.2 Å². The number of carbonyl (C=O) groups is 2. The normalized spacial score (nSPS) is 17.0. The van der Waals surface area contributed by atoms with Gasteiger partial charge in [0.1, 0.15) is 0 Å². The Hall–Kier alpha value is -1.75. The fourth-order valence-electron chi connectivity index (χ4n) is 2.95. The molecule has 0 radical (unpaired) electrons. The summed E-state index contributed by atoms with van der Waals surface area (Å²) >= 11 is 5.90. The molecule has 1 N–H and O–H groups in total. The lowest BCUT2D eigenvalue weighted by atomic mass is 10.2. The van der Waals surface area contributed by atoms with Crippen LogP contribution in [0.25, 0.3) is 0 Å². The Bertz CT molecular complexity index is 569. The van der Waals surface area contributed by atoms with Gasteiger partial charge in [-0.25, -0.2) is 4.79 Å². The number of hydrogen-bond donors (Lipinski definition) is 1. The highest BCUT2D eigenvalue weighted by molar-refractivity contribution is 6.30. The van der Waals surface area contributed by atoms with Crippen molar-refractivity contribution in [2.75, 3.05) is 24.5 Å². The molecule has 1 heterocycles. The fraction of sp³-hybridized carbons (Fsp3) is 0.579. The predicted octanol–water partition coefficient (Wildman–Crippen LogP) is 4.06. The van der Waals surface area contributed by atoms with Crippen molar-refractivity contribution >= 4 is 29.2 Å². The van der Waals surface area contributed by atoms with Crippen molar-refractivity contribution in [3.8, 4) is 0 Å². The Morgan fingerprint density at radius 2 is 1.80 bits per heavy atom. The van der Waals surface area contributed by atoms with Gasteiger partial charge in [0.15, 0.2) is 0 Å². The zero-order chi connectivity index (χ0) is 18.2. The molecule has 1 atom stereocenters. The van der Waals surface area contributed by atoms with Crippen molar-refractivity contribution in [3.63, 3.8) is 0 Å². The number of amides is 3. The summed E-state index contributed by atoms with van der Waals surface area (Å²) < 4.78 is 0. The van der Waals surface area contributed by atoms with Crippen molar-refractivity contribution in [3.05, 3.63) is 29.3 Å². The van der Waals surface area contributed by atoms with Gasteiger partial charge in [-0.1, -0.05) is 38.3 Å². The number of urea groups is 1. The molecule has 1 aromatic carbocycles. The van der Waals surface area contributed by atoms with Crippen LogP contribution in [0.2, 0.25) is 5.02 Å². The lowest BCUT2D eigenvalue weighted by Gasteiger charge is -2.25. The lowest BCUT2D eigenvalue weighted by molar-refractivity contribution is -0.117. The third kappa shape index (κ3) is 5.63. The topological polar surface area (TPSA) is 52.7 Å². The van der Waals surface area contributed by atoms with E-state index in [4.69, 9.17) is 11.6 Å². The molecule has 0 bridgehead atoms. The van der Waals surface area contributed by atoms with Gasteiger partial charge in [0.2, 0.25) is 5.91 Å². The van der Waals surface area contributed by atoms with Crippen LogP contribution in [0.1, 0.15) is 46.0 Å². The molecular formula is C19H28ClN3O2. The van der Waals surface area contributed by atoms with Gasteiger partial charge in [0.05, 0.1) is 6.04 Å². The Labute approximate surface area is 155 Å². The van der Waals surface area contributed by atoms with E-state index in [2.05, 4.69) is 19.2 Å². The van der Waals surface area contributed by atoms with E-state index in [-0.39, 0.29) is 18.0 Å². The maximum atomic E-state index is 12.6. The minimum atomic E-state index is -0.151. The van der Waals surface area contributed by atoms with Crippen LogP contribution in [0, 0.1) is 0 Å². The Balaban J connectivity index is 1.94. The molecule has 6 heteroatoms. The van der Waals surface area contributed by atoms with Gasteiger partial charge in [0.25, 0.3) is 0 Å². The van der Waals surface area contributed by atoms with Gasteiger partial charge in [-0.05, 0) is 37.1 Å². The number of rotatable bonds is 8. The second kappa shape index (κ2) is 9.66. The molecule has 25 heavy (non-hydrogen) atoms. The van der Waals surface area contributed by atoms with Crippen LogP contribution in [0.4, 0.5) is 10.5 Å². The number of halogens is 1. The molecule has 1 saturated heterocycles. The van der Waals surface area contributed by atoms with Gasteiger partial charge < -0.3 is 15.1 Å². The van der Waals surface area contributed by atoms with Crippen LogP contribution in [0.5, 0.6) is 0 Å². The molecule has 3 amide bonds. The largest absolute Gasteiger partial charge is 0.333 e. The predicted molar refractivity (Wildman–Crippen MR) is 102 cm³/mol. The zero-order valence-electron chi connectivity index (χ0n) is 15.1. The summed E-state index contributed by atoms with van der Waals surface area (Å²) in [5, 5.41) is 3.68. The molecule has 1 aliphatic rings. The number of carbonyl (C=O) groups excluding carboxylic acids is 2. The fourth-order valence-corrected chi connectivity index (χ4v) is 3.08. The first kappa shape index (κ1) is 19.6. The molecule has 0 aromatic heterocycles. The van der Waals surface area contributed by atoms with E-state index in [9.17, 15) is 9.59 Å². The van der Waals surface area contributed by atoms with Crippen LogP contribution in [0.3, 0.4) is 0 Å². The second-order valence-electron chi connectivity index (χ2n) is 6.53. The molecule has 1 aromatic rings. The molecule has 0 spiro atoms. The van der Waals surface area contributed by atoms with Crippen molar-refractivity contribution in [2.24, 2.45) is 0 Å². The Morgan fingerprint density at radius 1 is 1.20 bits per heavy atom. The first-order valence-electron chi connectivity index (χ1n) is 9.16. The minimum Gasteiger partial charge on any atom is -0.333 e. The molecule has 2 rings (SSSR count). The van der Waals surface area contributed by atoms with Crippen molar-refractivity contribution in [1.82, 2.24) is 10.2 Å². The van der Waals surface area contributed by atoms with Gasteiger partial charge in [-0.15, -0.1) is 0 Å². The van der Waals surface area contributed by atoms with Crippen LogP contribution >= 0.6 is 11.6 Å². The van der Waals surface area contributed by atoms with E-state index in [1.54, 1.807) is 17.0 Å². The third-order valence-corrected chi connectivity index (χ3v) is 4.69. The summed E-state index contributed by atoms with van der Waals surface area (Å²) in [6.45, 7) is 6.28. The summed E-state index contributed by atoms with van der Waals surface area (Å²) in [4.78, 5) is 28.5. The number of nitrogens with one attached hydrogen (secondary N) is 1. The van der Waals surface area contributed by atoms with E-state index < -0.39 is 0 Å². The minimum absolute atomic E-state index is 0.0290. The average molecular weight is 366 g/mol. The molecule has 5 nitrogen and oxygen atoms in total. The lowest BCUT2D eigenvalue weighted by Crippen LogP contribution is -2.46. The van der Waals surface area contributed by atoms with Crippen LogP contribution in [0.15, 0.2) is 24.3 Å². The maximum Gasteiger partial charge on any atom is 0.317 e. The van der Waals surface area contributed by atoms with Crippen molar-refractivity contribution in [2.45, 2.75) is 52.0 Å². The second-order valence-corrected chi connectivity index (χ2v) is 6.96. The summed E-state index contributed by atoms with van der Waals surface area (Å²) in [6, 6.07) is 7.00. The summed E-state index contributed by atoms with van der Waals surface area (Å²) in [5.41, 5.74) is 0.819. The monoisotopic (exact) mass is 365 g/mol. The average Bonchev–Trinajstić information content (AvgIpc) is 2.96. The van der Waals surface area contributed by atoms with Gasteiger partial charge in [0, 0.05) is 36.8 Å². The highest BCUT2D eigenvalue weighted by atomic mass is 35.5. The number of hydrogen-bond acceptors (Lipinski definition) is 2. The standard InChI is InChI=1S/C19H28ClN3O2/c1-3-5-11-22(12-6-4-2)19(25)21-16-13-18(24)23(14-16)17-9-7-15(20)8-10-17/h7-10,16H,3-6,11-14H2,1-2H3,(H,21,25)/t16-/m1/s1. The SMILES string of the molecule is CCCCN(CCCC)C(=O)N[C@@H]1CC(=O)N(c2ccc(Cl)cc2)C1. The zero-order valence-corrected chi connectivity index (χ0v) is 15.9. The molecule has 1 aliphatic heterocycles. The first-order chi connectivity index (χ1) is 12.0. The Morgan fingerprint density at radius 3 is 2.36 bits per heavy atom. The van der Waals surface area contributed by atoms with E-state index in [0.717, 1.165) is 44.5 Å². The first-order valence-corrected chi connectivity index (χ1v) is 9.54. The highest BCUT2D eigenvalue weighted by Crippen LogP contribution is 2.23. The quantitative estimate of drug-likeness (QED) is 0.755. The van der Waals surface area contributed by atoms with E-state index in [1.165, 1.54) is 0 Å². The molecule has 1 fully saturated rings. The van der Waals surface area contributed by atoms with Crippen LogP contribution in [-0.2, 0) is 4.79 Å². The Kier molecular flexibility index (Phi) is 7.56. The maximum absolute atomic E-state index is 12.6.